The molecule has 0 saturated heterocycles. The minimum atomic E-state index is -0.145. The maximum absolute atomic E-state index is 12.8. The zero-order chi connectivity index (χ0) is 17.8. The minimum absolute atomic E-state index is 0.145. The number of benzene rings is 2. The normalized spacial score (nSPS) is 10.6. The first-order valence-electron chi connectivity index (χ1n) is 8.33. The number of hydrogen-bond donors (Lipinski definition) is 1. The second-order valence-electron chi connectivity index (χ2n) is 5.81. The summed E-state index contributed by atoms with van der Waals surface area (Å²) in [6.45, 7) is 0.480. The van der Waals surface area contributed by atoms with Gasteiger partial charge in [0.25, 0.3) is 5.91 Å². The van der Waals surface area contributed by atoms with Crippen LogP contribution in [0.4, 0.5) is 0 Å². The molecule has 0 fully saturated rings. The van der Waals surface area contributed by atoms with E-state index in [1.807, 2.05) is 84.2 Å². The van der Waals surface area contributed by atoms with Gasteiger partial charge in [-0.15, -0.1) is 11.3 Å². The summed E-state index contributed by atoms with van der Waals surface area (Å²) in [5, 5.41) is 9.66. The Morgan fingerprint density at radius 1 is 0.962 bits per heavy atom. The van der Waals surface area contributed by atoms with E-state index in [1.165, 1.54) is 0 Å². The van der Waals surface area contributed by atoms with Crippen molar-refractivity contribution >= 4 is 17.2 Å². The van der Waals surface area contributed by atoms with E-state index in [4.69, 9.17) is 0 Å². The average Bonchev–Trinajstić information content (AvgIpc) is 3.37. The van der Waals surface area contributed by atoms with Crippen LogP contribution in [0.3, 0.4) is 0 Å². The fourth-order valence-electron chi connectivity index (χ4n) is 2.72. The van der Waals surface area contributed by atoms with E-state index in [0.29, 0.717) is 12.2 Å². The summed E-state index contributed by atoms with van der Waals surface area (Å²) < 4.78 is 1.70. The predicted molar refractivity (Wildman–Crippen MR) is 104 cm³/mol. The van der Waals surface area contributed by atoms with Crippen molar-refractivity contribution in [1.29, 1.82) is 0 Å². The summed E-state index contributed by atoms with van der Waals surface area (Å²) in [7, 11) is 0. The third-order valence-corrected chi connectivity index (χ3v) is 4.90. The average molecular weight is 359 g/mol. The van der Waals surface area contributed by atoms with E-state index < -0.39 is 0 Å². The highest BCUT2D eigenvalue weighted by Gasteiger charge is 2.17. The minimum Gasteiger partial charge on any atom is -0.347 e. The first-order valence-corrected chi connectivity index (χ1v) is 9.21. The Labute approximate surface area is 155 Å². The van der Waals surface area contributed by atoms with Crippen LogP contribution in [-0.2, 0) is 6.54 Å². The lowest BCUT2D eigenvalue weighted by molar-refractivity contribution is 0.0943. The van der Waals surface area contributed by atoms with Gasteiger partial charge in [-0.25, -0.2) is 4.68 Å². The molecule has 4 nitrogen and oxygen atoms in total. The van der Waals surface area contributed by atoms with Crippen molar-refractivity contribution in [3.8, 4) is 16.3 Å². The van der Waals surface area contributed by atoms with Crippen molar-refractivity contribution in [1.82, 2.24) is 15.1 Å². The molecule has 4 aromatic rings. The van der Waals surface area contributed by atoms with Gasteiger partial charge in [0, 0.05) is 6.54 Å². The second-order valence-corrected chi connectivity index (χ2v) is 6.76. The molecule has 1 amide bonds. The highest BCUT2D eigenvalue weighted by Crippen LogP contribution is 2.25. The molecular weight excluding hydrogens is 342 g/mol. The van der Waals surface area contributed by atoms with Crippen molar-refractivity contribution in [3.05, 3.63) is 95.5 Å². The molecule has 2 aromatic heterocycles. The first kappa shape index (κ1) is 16.3. The van der Waals surface area contributed by atoms with E-state index in [9.17, 15) is 4.79 Å². The molecule has 26 heavy (non-hydrogen) atoms. The molecule has 0 aliphatic heterocycles. The molecule has 5 heteroatoms. The Balaban J connectivity index is 1.66. The summed E-state index contributed by atoms with van der Waals surface area (Å²) in [5.74, 6) is -0.145. The highest BCUT2D eigenvalue weighted by atomic mass is 32.1. The molecule has 0 bridgehead atoms. The zero-order valence-corrected chi connectivity index (χ0v) is 14.8. The van der Waals surface area contributed by atoms with Gasteiger partial charge in [-0.2, -0.15) is 5.10 Å². The summed E-state index contributed by atoms with van der Waals surface area (Å²) in [6.07, 6.45) is 0. The van der Waals surface area contributed by atoms with Gasteiger partial charge in [0.05, 0.1) is 10.6 Å². The van der Waals surface area contributed by atoms with Crippen LogP contribution >= 0.6 is 11.3 Å². The maximum Gasteiger partial charge on any atom is 0.270 e. The standard InChI is InChI=1S/C21H17N3OS/c25-21(22-15-16-8-3-1-4-9-16)19-14-18(20-12-7-13-26-20)23-24(19)17-10-5-2-6-11-17/h1-14H,15H2,(H,22,25). The van der Waals surface area contributed by atoms with Gasteiger partial charge in [-0.05, 0) is 35.2 Å². The summed E-state index contributed by atoms with van der Waals surface area (Å²) in [4.78, 5) is 13.9. The predicted octanol–water partition coefficient (Wildman–Crippen LogP) is 4.53. The Bertz CT molecular complexity index is 992. The fourth-order valence-corrected chi connectivity index (χ4v) is 3.40. The molecule has 128 valence electrons. The molecule has 0 radical (unpaired) electrons. The van der Waals surface area contributed by atoms with Gasteiger partial charge in [0.2, 0.25) is 0 Å². The van der Waals surface area contributed by atoms with Gasteiger partial charge in [0.1, 0.15) is 11.4 Å². The van der Waals surface area contributed by atoms with Crippen molar-refractivity contribution in [2.75, 3.05) is 0 Å². The molecule has 2 heterocycles. The molecule has 0 saturated carbocycles. The van der Waals surface area contributed by atoms with Crippen LogP contribution in [0, 0.1) is 0 Å². The molecule has 0 atom stereocenters. The van der Waals surface area contributed by atoms with Crippen LogP contribution in [0.1, 0.15) is 16.1 Å². The van der Waals surface area contributed by atoms with E-state index in [0.717, 1.165) is 21.8 Å². The van der Waals surface area contributed by atoms with Gasteiger partial charge in [0.15, 0.2) is 0 Å². The van der Waals surface area contributed by atoms with Crippen molar-refractivity contribution in [3.63, 3.8) is 0 Å². The SMILES string of the molecule is O=C(NCc1ccccc1)c1cc(-c2cccs2)nn1-c1ccccc1. The van der Waals surface area contributed by atoms with Crippen LogP contribution < -0.4 is 5.32 Å². The van der Waals surface area contributed by atoms with Crippen LogP contribution in [0.5, 0.6) is 0 Å². The van der Waals surface area contributed by atoms with E-state index in [2.05, 4.69) is 10.4 Å². The summed E-state index contributed by atoms with van der Waals surface area (Å²) in [6, 6.07) is 25.4. The number of carbonyl (C=O) groups is 1. The van der Waals surface area contributed by atoms with Crippen LogP contribution in [0.15, 0.2) is 84.2 Å². The molecule has 0 aliphatic rings. The topological polar surface area (TPSA) is 46.9 Å². The lowest BCUT2D eigenvalue weighted by Crippen LogP contribution is -2.25. The lowest BCUT2D eigenvalue weighted by atomic mass is 10.2. The number of hydrogen-bond acceptors (Lipinski definition) is 3. The van der Waals surface area contributed by atoms with Gasteiger partial charge in [-0.1, -0.05) is 54.6 Å². The molecular formula is C21H17N3OS. The van der Waals surface area contributed by atoms with E-state index in [-0.39, 0.29) is 5.91 Å². The quantitative estimate of drug-likeness (QED) is 0.569. The maximum atomic E-state index is 12.8. The third-order valence-electron chi connectivity index (χ3n) is 4.01. The smallest absolute Gasteiger partial charge is 0.270 e. The molecule has 2 aromatic carbocycles. The Morgan fingerprint density at radius 3 is 2.38 bits per heavy atom. The Kier molecular flexibility index (Phi) is 4.62. The van der Waals surface area contributed by atoms with Crippen molar-refractivity contribution < 1.29 is 4.79 Å². The zero-order valence-electron chi connectivity index (χ0n) is 14.0. The largest absolute Gasteiger partial charge is 0.347 e. The molecule has 0 spiro atoms. The molecule has 0 aliphatic carbocycles. The number of carbonyl (C=O) groups excluding carboxylic acids is 1. The monoisotopic (exact) mass is 359 g/mol. The van der Waals surface area contributed by atoms with Gasteiger partial charge in [-0.3, -0.25) is 4.79 Å². The van der Waals surface area contributed by atoms with E-state index in [1.54, 1.807) is 16.0 Å². The Morgan fingerprint density at radius 2 is 1.69 bits per heavy atom. The van der Waals surface area contributed by atoms with Gasteiger partial charge < -0.3 is 5.32 Å². The number of para-hydroxylation sites is 1. The number of nitrogens with one attached hydrogen (secondary N) is 1. The number of thiophene rings is 1. The highest BCUT2D eigenvalue weighted by molar-refractivity contribution is 7.13. The second kappa shape index (κ2) is 7.37. The van der Waals surface area contributed by atoms with Crippen molar-refractivity contribution in [2.24, 2.45) is 0 Å². The summed E-state index contributed by atoms with van der Waals surface area (Å²) in [5.41, 5.74) is 3.24. The van der Waals surface area contributed by atoms with Gasteiger partial charge >= 0.3 is 0 Å². The molecule has 0 unspecified atom stereocenters. The van der Waals surface area contributed by atoms with E-state index >= 15 is 0 Å². The fraction of sp³-hybridized carbons (Fsp3) is 0.0476. The number of aromatic nitrogens is 2. The lowest BCUT2D eigenvalue weighted by Gasteiger charge is -2.08. The molecule has 1 N–H and O–H groups in total. The number of rotatable bonds is 5. The van der Waals surface area contributed by atoms with Crippen LogP contribution in [0.2, 0.25) is 0 Å². The van der Waals surface area contributed by atoms with Crippen LogP contribution in [0.25, 0.3) is 16.3 Å². The molecule has 4 rings (SSSR count). The summed E-state index contributed by atoms with van der Waals surface area (Å²) >= 11 is 1.61. The third kappa shape index (κ3) is 3.43. The van der Waals surface area contributed by atoms with Crippen LogP contribution in [-0.4, -0.2) is 15.7 Å². The Hall–Kier alpha value is -3.18. The first-order chi connectivity index (χ1) is 12.8. The number of nitrogens with zero attached hydrogens (tertiary/aromatic N) is 2. The number of amides is 1. The van der Waals surface area contributed by atoms with Crippen molar-refractivity contribution in [2.45, 2.75) is 6.54 Å².